The van der Waals surface area contributed by atoms with E-state index < -0.39 is 5.97 Å². The topological polar surface area (TPSA) is 57.1 Å². The van der Waals surface area contributed by atoms with Gasteiger partial charge in [0.15, 0.2) is 17.2 Å². The van der Waals surface area contributed by atoms with E-state index in [1.807, 2.05) is 31.2 Å². The largest absolute Gasteiger partial charge is 0.493 e. The van der Waals surface area contributed by atoms with E-state index in [0.29, 0.717) is 34.3 Å². The van der Waals surface area contributed by atoms with Gasteiger partial charge in [-0.25, -0.2) is 14.2 Å². The molecule has 0 spiro atoms. The molecule has 0 saturated carbocycles. The summed E-state index contributed by atoms with van der Waals surface area (Å²) in [4.78, 5) is 16.5. The Hall–Kier alpha value is -3.64. The van der Waals surface area contributed by atoms with Crippen molar-refractivity contribution in [2.45, 2.75) is 13.5 Å². The minimum atomic E-state index is -0.612. The molecule has 0 bridgehead atoms. The van der Waals surface area contributed by atoms with E-state index in [1.54, 1.807) is 12.1 Å². The number of ether oxygens (including phenoxy) is 3. The molecule has 162 valence electrons. The van der Waals surface area contributed by atoms with Gasteiger partial charge in [0.05, 0.1) is 12.1 Å². The molecule has 3 aromatic rings. The Morgan fingerprint density at radius 2 is 1.81 bits per heavy atom. The third kappa shape index (κ3) is 4.81. The van der Waals surface area contributed by atoms with Crippen LogP contribution in [0.3, 0.4) is 0 Å². The van der Waals surface area contributed by atoms with Crippen molar-refractivity contribution < 1.29 is 23.4 Å². The molecule has 0 amide bonds. The summed E-state index contributed by atoms with van der Waals surface area (Å²) >= 11 is 6.44. The normalized spacial score (nSPS) is 14.3. The molecule has 1 heterocycles. The summed E-state index contributed by atoms with van der Waals surface area (Å²) in [6.45, 7) is 2.35. The molecule has 0 aromatic heterocycles. The van der Waals surface area contributed by atoms with Crippen molar-refractivity contribution in [2.75, 3.05) is 7.11 Å². The molecule has 0 atom stereocenters. The lowest BCUT2D eigenvalue weighted by Crippen LogP contribution is -2.05. The number of hydrogen-bond acceptors (Lipinski definition) is 5. The maximum Gasteiger partial charge on any atom is 0.363 e. The molecule has 32 heavy (non-hydrogen) atoms. The number of carbonyl (C=O) groups excluding carboxylic acids is 1. The van der Waals surface area contributed by atoms with Crippen molar-refractivity contribution in [1.82, 2.24) is 0 Å². The van der Waals surface area contributed by atoms with Gasteiger partial charge in [-0.3, -0.25) is 0 Å². The first-order valence-electron chi connectivity index (χ1n) is 9.77. The zero-order valence-electron chi connectivity index (χ0n) is 17.4. The van der Waals surface area contributed by atoms with E-state index in [1.165, 1.54) is 37.5 Å². The molecular weight excluding hydrogens is 433 g/mol. The minimum absolute atomic E-state index is 0.0933. The molecule has 0 radical (unpaired) electrons. The summed E-state index contributed by atoms with van der Waals surface area (Å²) < 4.78 is 29.7. The molecule has 3 aromatic carbocycles. The Balaban J connectivity index is 1.58. The van der Waals surface area contributed by atoms with Crippen molar-refractivity contribution in [1.29, 1.82) is 0 Å². The summed E-state index contributed by atoms with van der Waals surface area (Å²) in [5.41, 5.74) is 3.34. The molecule has 1 aliphatic rings. The van der Waals surface area contributed by atoms with E-state index in [-0.39, 0.29) is 17.4 Å². The Bertz CT molecular complexity index is 1220. The molecule has 4 rings (SSSR count). The predicted octanol–water partition coefficient (Wildman–Crippen LogP) is 5.72. The fourth-order valence-electron chi connectivity index (χ4n) is 3.09. The second-order valence-corrected chi connectivity index (χ2v) is 7.56. The Morgan fingerprint density at radius 3 is 2.50 bits per heavy atom. The molecule has 1 aliphatic heterocycles. The maximum absolute atomic E-state index is 13.1. The lowest BCUT2D eigenvalue weighted by atomic mass is 10.1. The Kier molecular flexibility index (Phi) is 6.23. The van der Waals surface area contributed by atoms with Crippen LogP contribution in [-0.2, 0) is 16.1 Å². The number of halogens is 2. The van der Waals surface area contributed by atoms with Crippen LogP contribution in [0.15, 0.2) is 71.4 Å². The quantitative estimate of drug-likeness (QED) is 0.355. The van der Waals surface area contributed by atoms with Gasteiger partial charge < -0.3 is 14.2 Å². The number of rotatable bonds is 6. The molecule has 0 fully saturated rings. The van der Waals surface area contributed by atoms with E-state index in [0.717, 1.165) is 11.1 Å². The fourth-order valence-corrected chi connectivity index (χ4v) is 3.36. The Morgan fingerprint density at radius 1 is 1.09 bits per heavy atom. The lowest BCUT2D eigenvalue weighted by Gasteiger charge is -2.13. The highest BCUT2D eigenvalue weighted by atomic mass is 35.5. The number of cyclic esters (lactones) is 1. The van der Waals surface area contributed by atoms with Gasteiger partial charge in [0.1, 0.15) is 12.4 Å². The van der Waals surface area contributed by atoms with Crippen LogP contribution in [0, 0.1) is 12.7 Å². The molecule has 0 N–H and O–H groups in total. The Labute approximate surface area is 189 Å². The van der Waals surface area contributed by atoms with Crippen LogP contribution in [0.2, 0.25) is 5.02 Å². The van der Waals surface area contributed by atoms with E-state index >= 15 is 0 Å². The van der Waals surface area contributed by atoms with E-state index in [2.05, 4.69) is 4.99 Å². The first-order chi connectivity index (χ1) is 15.4. The highest BCUT2D eigenvalue weighted by Gasteiger charge is 2.24. The maximum atomic E-state index is 13.1. The standard InChI is InChI=1S/C25H19ClFNO4/c1-15-3-5-16(6-4-15)14-31-23-20(26)11-17(13-22(23)30-2)12-21-25(29)32-24(28-21)18-7-9-19(27)10-8-18/h3-13H,14H2,1-2H3/b21-12-. The van der Waals surface area contributed by atoms with Gasteiger partial charge in [0.25, 0.3) is 0 Å². The van der Waals surface area contributed by atoms with Crippen LogP contribution in [-0.4, -0.2) is 19.0 Å². The average molecular weight is 452 g/mol. The van der Waals surface area contributed by atoms with Crippen LogP contribution in [0.5, 0.6) is 11.5 Å². The SMILES string of the molecule is COc1cc(/C=C2\N=C(c3ccc(F)cc3)OC2=O)cc(Cl)c1OCc1ccc(C)cc1. The first-order valence-corrected chi connectivity index (χ1v) is 10.1. The molecule has 7 heteroatoms. The van der Waals surface area contributed by atoms with Crippen molar-refractivity contribution in [3.63, 3.8) is 0 Å². The van der Waals surface area contributed by atoms with E-state index in [4.69, 9.17) is 25.8 Å². The number of hydrogen-bond donors (Lipinski definition) is 0. The third-order valence-corrected chi connectivity index (χ3v) is 5.05. The summed E-state index contributed by atoms with van der Waals surface area (Å²) in [6.07, 6.45) is 1.54. The number of aryl methyl sites for hydroxylation is 1. The first kappa shape index (κ1) is 21.6. The monoisotopic (exact) mass is 451 g/mol. The number of esters is 1. The molecule has 0 unspecified atom stereocenters. The van der Waals surface area contributed by atoms with Gasteiger partial charge >= 0.3 is 5.97 Å². The molecular formula is C25H19ClFNO4. The third-order valence-electron chi connectivity index (χ3n) is 4.77. The summed E-state index contributed by atoms with van der Waals surface area (Å²) in [5.74, 6) is -0.0655. The van der Waals surface area contributed by atoms with Gasteiger partial charge in [-0.1, -0.05) is 41.4 Å². The van der Waals surface area contributed by atoms with Crippen molar-refractivity contribution in [2.24, 2.45) is 4.99 Å². The van der Waals surface area contributed by atoms with Gasteiger partial charge in [-0.05, 0) is 60.5 Å². The second-order valence-electron chi connectivity index (χ2n) is 7.15. The predicted molar refractivity (Wildman–Crippen MR) is 121 cm³/mol. The minimum Gasteiger partial charge on any atom is -0.493 e. The highest BCUT2D eigenvalue weighted by Crippen LogP contribution is 2.38. The van der Waals surface area contributed by atoms with Gasteiger partial charge in [0, 0.05) is 5.56 Å². The van der Waals surface area contributed by atoms with Crippen molar-refractivity contribution in [3.05, 3.63) is 99.5 Å². The zero-order valence-corrected chi connectivity index (χ0v) is 18.2. The fraction of sp³-hybridized carbons (Fsp3) is 0.120. The number of nitrogens with zero attached hydrogens (tertiary/aromatic N) is 1. The highest BCUT2D eigenvalue weighted by molar-refractivity contribution is 6.32. The molecule has 5 nitrogen and oxygen atoms in total. The van der Waals surface area contributed by atoms with Gasteiger partial charge in [0.2, 0.25) is 5.90 Å². The zero-order chi connectivity index (χ0) is 22.7. The van der Waals surface area contributed by atoms with Crippen LogP contribution in [0.25, 0.3) is 6.08 Å². The number of carbonyl (C=O) groups is 1. The smallest absolute Gasteiger partial charge is 0.363 e. The van der Waals surface area contributed by atoms with Gasteiger partial charge in [-0.2, -0.15) is 0 Å². The van der Waals surface area contributed by atoms with Crippen molar-refractivity contribution >= 4 is 29.5 Å². The molecule has 0 saturated heterocycles. The lowest BCUT2D eigenvalue weighted by molar-refractivity contribution is -0.129. The van der Waals surface area contributed by atoms with Crippen LogP contribution in [0.1, 0.15) is 22.3 Å². The summed E-state index contributed by atoms with van der Waals surface area (Å²) in [6, 6.07) is 16.9. The van der Waals surface area contributed by atoms with Crippen LogP contribution < -0.4 is 9.47 Å². The number of aliphatic imine (C=N–C) groups is 1. The summed E-state index contributed by atoms with van der Waals surface area (Å²) in [5, 5.41) is 0.331. The second kappa shape index (κ2) is 9.24. The number of benzene rings is 3. The van der Waals surface area contributed by atoms with Crippen molar-refractivity contribution in [3.8, 4) is 11.5 Å². The van der Waals surface area contributed by atoms with Gasteiger partial charge in [-0.15, -0.1) is 0 Å². The van der Waals surface area contributed by atoms with Crippen LogP contribution in [0.4, 0.5) is 4.39 Å². The van der Waals surface area contributed by atoms with E-state index in [9.17, 15) is 9.18 Å². The molecule has 0 aliphatic carbocycles. The average Bonchev–Trinajstić information content (AvgIpc) is 3.14. The van der Waals surface area contributed by atoms with Crippen LogP contribution >= 0.6 is 11.6 Å². The number of methoxy groups -OCH3 is 1. The summed E-state index contributed by atoms with van der Waals surface area (Å²) in [7, 11) is 1.51.